The Labute approximate surface area is 189 Å². The number of allylic oxidation sites excluding steroid dienone is 1. The number of hydrogen-bond acceptors (Lipinski definition) is 5. The van der Waals surface area contributed by atoms with Gasteiger partial charge in [0.2, 0.25) is 5.91 Å². The molecule has 0 spiro atoms. The van der Waals surface area contributed by atoms with Crippen LogP contribution in [0.4, 0.5) is 4.79 Å². The van der Waals surface area contributed by atoms with Gasteiger partial charge in [-0.25, -0.2) is 4.79 Å². The molecule has 2 amide bonds. The van der Waals surface area contributed by atoms with Crippen LogP contribution in [0.25, 0.3) is 0 Å². The molecule has 0 unspecified atom stereocenters. The van der Waals surface area contributed by atoms with Crippen LogP contribution in [0.2, 0.25) is 0 Å². The molecule has 8 nitrogen and oxygen atoms in total. The third-order valence-corrected chi connectivity index (χ3v) is 5.19. The quantitative estimate of drug-likeness (QED) is 0.568. The van der Waals surface area contributed by atoms with Gasteiger partial charge in [-0.05, 0) is 42.9 Å². The minimum Gasteiger partial charge on any atom is -0.493 e. The Morgan fingerprint density at radius 1 is 1.22 bits per heavy atom. The first-order valence-corrected chi connectivity index (χ1v) is 11.0. The maximum Gasteiger partial charge on any atom is 0.410 e. The lowest BCUT2D eigenvalue weighted by Gasteiger charge is -2.31. The van der Waals surface area contributed by atoms with Crippen LogP contribution in [0.15, 0.2) is 23.9 Å². The number of carbonyl (C=O) groups excluding carboxylic acids is 2. The van der Waals surface area contributed by atoms with Crippen LogP contribution in [-0.4, -0.2) is 47.7 Å². The number of rotatable bonds is 10. The first kappa shape index (κ1) is 25.2. The maximum absolute atomic E-state index is 12.5. The number of nitrogens with zero attached hydrogens (tertiary/aromatic N) is 1. The minimum absolute atomic E-state index is 0.0197. The number of aliphatic carboxylic acids is 1. The van der Waals surface area contributed by atoms with Crippen LogP contribution in [-0.2, 0) is 33.7 Å². The number of amides is 2. The molecule has 2 N–H and O–H groups in total. The smallest absolute Gasteiger partial charge is 0.410 e. The Morgan fingerprint density at radius 3 is 2.59 bits per heavy atom. The molecule has 0 aromatic heterocycles. The third kappa shape index (κ3) is 7.59. The number of carboxylic acids is 1. The van der Waals surface area contributed by atoms with E-state index in [1.807, 2.05) is 39.0 Å². The van der Waals surface area contributed by atoms with Gasteiger partial charge in [0.05, 0.1) is 13.2 Å². The summed E-state index contributed by atoms with van der Waals surface area (Å²) in [5.74, 6) is -0.00286. The molecule has 0 radical (unpaired) electrons. The van der Waals surface area contributed by atoms with E-state index in [-0.39, 0.29) is 24.3 Å². The molecule has 0 saturated carbocycles. The van der Waals surface area contributed by atoms with Crippen LogP contribution in [0.3, 0.4) is 0 Å². The third-order valence-electron chi connectivity index (χ3n) is 5.19. The van der Waals surface area contributed by atoms with Crippen molar-refractivity contribution in [3.63, 3.8) is 0 Å². The fourth-order valence-electron chi connectivity index (χ4n) is 3.58. The zero-order valence-corrected chi connectivity index (χ0v) is 19.4. The highest BCUT2D eigenvalue weighted by Gasteiger charge is 2.26. The Hall–Kier alpha value is -3.03. The number of hydrogen-bond donors (Lipinski definition) is 2. The van der Waals surface area contributed by atoms with Crippen molar-refractivity contribution in [2.45, 2.75) is 59.9 Å². The molecule has 1 aliphatic rings. The molecule has 0 atom stereocenters. The minimum atomic E-state index is -0.861. The molecular weight excluding hydrogens is 412 g/mol. The lowest BCUT2D eigenvalue weighted by atomic mass is 9.92. The van der Waals surface area contributed by atoms with Crippen molar-refractivity contribution in [2.24, 2.45) is 5.92 Å². The van der Waals surface area contributed by atoms with Gasteiger partial charge in [-0.3, -0.25) is 9.59 Å². The fourth-order valence-corrected chi connectivity index (χ4v) is 3.58. The van der Waals surface area contributed by atoms with Gasteiger partial charge in [0, 0.05) is 44.1 Å². The summed E-state index contributed by atoms with van der Waals surface area (Å²) in [6.45, 7) is 8.92. The summed E-state index contributed by atoms with van der Waals surface area (Å²) in [5.41, 5.74) is 3.64. The topological polar surface area (TPSA) is 105 Å². The summed E-state index contributed by atoms with van der Waals surface area (Å²) < 4.78 is 11.4. The molecule has 0 saturated heterocycles. The fraction of sp³-hybridized carbons (Fsp3) is 0.542. The van der Waals surface area contributed by atoms with E-state index in [1.165, 1.54) is 6.92 Å². The van der Waals surface area contributed by atoms with E-state index in [1.54, 1.807) is 4.90 Å². The number of aryl methyl sites for hydroxylation is 1. The molecule has 176 valence electrons. The zero-order valence-electron chi connectivity index (χ0n) is 19.4. The van der Waals surface area contributed by atoms with E-state index < -0.39 is 5.97 Å². The summed E-state index contributed by atoms with van der Waals surface area (Å²) in [4.78, 5) is 36.5. The lowest BCUT2D eigenvalue weighted by Crippen LogP contribution is -2.37. The molecule has 1 heterocycles. The standard InChI is InChI=1S/C24H34N2O6/c1-5-19(25-17(4)27)11-13-31-22-8-6-18(7-9-23(28)29)21-14-26(12-10-20(21)22)24(30)32-15-16(2)3/h5-6,8,16H,7,9-15H2,1-4H3,(H,25,27)(H,28,29)/b19-5+. The Morgan fingerprint density at radius 2 is 1.97 bits per heavy atom. The van der Waals surface area contributed by atoms with Gasteiger partial charge in [0.1, 0.15) is 5.75 Å². The number of benzene rings is 1. The van der Waals surface area contributed by atoms with Gasteiger partial charge in [0.25, 0.3) is 0 Å². The highest BCUT2D eigenvalue weighted by atomic mass is 16.6. The van der Waals surface area contributed by atoms with Gasteiger partial charge in [-0.15, -0.1) is 0 Å². The number of nitrogens with one attached hydrogen (secondary N) is 1. The Kier molecular flexibility index (Phi) is 9.56. The summed E-state index contributed by atoms with van der Waals surface area (Å²) in [5, 5.41) is 11.9. The number of carbonyl (C=O) groups is 3. The van der Waals surface area contributed by atoms with Gasteiger partial charge < -0.3 is 24.8 Å². The van der Waals surface area contributed by atoms with Crippen molar-refractivity contribution < 1.29 is 29.0 Å². The average molecular weight is 447 g/mol. The number of carboxylic acid groups (broad SMARTS) is 1. The van der Waals surface area contributed by atoms with Crippen molar-refractivity contribution in [3.8, 4) is 5.75 Å². The van der Waals surface area contributed by atoms with E-state index in [4.69, 9.17) is 14.6 Å². The highest BCUT2D eigenvalue weighted by Crippen LogP contribution is 2.32. The van der Waals surface area contributed by atoms with E-state index in [2.05, 4.69) is 5.32 Å². The van der Waals surface area contributed by atoms with Crippen molar-refractivity contribution in [1.82, 2.24) is 10.2 Å². The number of ether oxygens (including phenoxy) is 2. The van der Waals surface area contributed by atoms with Crippen LogP contribution >= 0.6 is 0 Å². The second-order valence-electron chi connectivity index (χ2n) is 8.31. The van der Waals surface area contributed by atoms with Crippen molar-refractivity contribution in [3.05, 3.63) is 40.6 Å². The highest BCUT2D eigenvalue weighted by molar-refractivity contribution is 5.74. The Bertz CT molecular complexity index is 862. The molecule has 2 rings (SSSR count). The predicted octanol–water partition coefficient (Wildman–Crippen LogP) is 3.66. The van der Waals surface area contributed by atoms with Crippen LogP contribution in [0.5, 0.6) is 5.75 Å². The summed E-state index contributed by atoms with van der Waals surface area (Å²) in [6.07, 6.45) is 3.05. The van der Waals surface area contributed by atoms with Gasteiger partial charge in [-0.2, -0.15) is 0 Å². The maximum atomic E-state index is 12.5. The normalized spacial score (nSPS) is 13.5. The van der Waals surface area contributed by atoms with Crippen molar-refractivity contribution >= 4 is 18.0 Å². The predicted molar refractivity (Wildman–Crippen MR) is 120 cm³/mol. The van der Waals surface area contributed by atoms with Crippen molar-refractivity contribution in [2.75, 3.05) is 19.8 Å². The van der Waals surface area contributed by atoms with E-state index >= 15 is 0 Å². The summed E-state index contributed by atoms with van der Waals surface area (Å²) in [6, 6.07) is 3.75. The molecule has 1 aliphatic heterocycles. The second-order valence-corrected chi connectivity index (χ2v) is 8.31. The van der Waals surface area contributed by atoms with Gasteiger partial charge >= 0.3 is 12.1 Å². The molecule has 0 fully saturated rings. The molecular formula is C24H34N2O6. The van der Waals surface area contributed by atoms with Gasteiger partial charge in [0.15, 0.2) is 0 Å². The van der Waals surface area contributed by atoms with E-state index in [9.17, 15) is 14.4 Å². The first-order chi connectivity index (χ1) is 15.2. The molecule has 1 aromatic carbocycles. The monoisotopic (exact) mass is 446 g/mol. The SMILES string of the molecule is C/C=C(\CCOc1ccc(CCC(=O)O)c2c1CCN(C(=O)OCC(C)C)C2)NC(C)=O. The van der Waals surface area contributed by atoms with Crippen molar-refractivity contribution in [1.29, 1.82) is 0 Å². The lowest BCUT2D eigenvalue weighted by molar-refractivity contribution is -0.137. The summed E-state index contributed by atoms with van der Waals surface area (Å²) >= 11 is 0. The first-order valence-electron chi connectivity index (χ1n) is 11.0. The van der Waals surface area contributed by atoms with E-state index in [0.717, 1.165) is 28.1 Å². The molecule has 0 bridgehead atoms. The van der Waals surface area contributed by atoms with Crippen LogP contribution in [0, 0.1) is 5.92 Å². The largest absolute Gasteiger partial charge is 0.493 e. The molecule has 32 heavy (non-hydrogen) atoms. The van der Waals surface area contributed by atoms with Crippen LogP contribution in [0.1, 0.15) is 57.2 Å². The molecule has 0 aliphatic carbocycles. The molecule has 1 aromatic rings. The Balaban J connectivity index is 2.17. The van der Waals surface area contributed by atoms with Crippen LogP contribution < -0.4 is 10.1 Å². The van der Waals surface area contributed by atoms with E-state index in [0.29, 0.717) is 45.6 Å². The number of fused-ring (bicyclic) bond motifs is 1. The summed E-state index contributed by atoms with van der Waals surface area (Å²) in [7, 11) is 0. The van der Waals surface area contributed by atoms with Gasteiger partial charge in [-0.1, -0.05) is 26.0 Å². The second kappa shape index (κ2) is 12.1. The molecule has 8 heteroatoms. The average Bonchev–Trinajstić information content (AvgIpc) is 2.75. The zero-order chi connectivity index (χ0) is 23.7.